The Morgan fingerprint density at radius 2 is 0.740 bits per heavy atom. The fourth-order valence-electron chi connectivity index (χ4n) is 17.8. The van der Waals surface area contributed by atoms with Gasteiger partial charge in [0.15, 0.2) is 0 Å². The molecule has 8 atom stereocenters. The Hall–Kier alpha value is -13.4. The molecule has 17 aromatic rings. The number of pyridine rings is 4. The van der Waals surface area contributed by atoms with Gasteiger partial charge in [0.25, 0.3) is 22.2 Å². The van der Waals surface area contributed by atoms with Crippen LogP contribution in [0.15, 0.2) is 274 Å². The third kappa shape index (κ3) is 17.8. The minimum atomic E-state index is -0.749. The first-order valence-electron chi connectivity index (χ1n) is 42.2. The Bertz CT molecular complexity index is 7260. The van der Waals surface area contributed by atoms with Crippen molar-refractivity contribution in [1.82, 2.24) is 58.1 Å². The number of hydrogen-bond donors (Lipinski definition) is 4. The highest BCUT2D eigenvalue weighted by molar-refractivity contribution is 9.10. The zero-order valence-electron chi connectivity index (χ0n) is 69.3. The fraction of sp³-hybridized carbons (Fsp3) is 0.250. The highest BCUT2D eigenvalue weighted by Gasteiger charge is 2.32. The second-order valence-corrected chi connectivity index (χ2v) is 33.1. The first-order valence-corrected chi connectivity index (χ1v) is 43.0. The normalized spacial score (nSPS) is 18.8. The molecule has 0 radical (unpaired) electrons. The highest BCUT2D eigenvalue weighted by Crippen LogP contribution is 2.36. The van der Waals surface area contributed by atoms with E-state index in [1.807, 2.05) is 176 Å². The van der Waals surface area contributed by atoms with Crippen LogP contribution in [-0.2, 0) is 44.6 Å². The van der Waals surface area contributed by atoms with Crippen molar-refractivity contribution in [2.45, 2.75) is 99.9 Å². The van der Waals surface area contributed by atoms with Crippen molar-refractivity contribution in [2.75, 3.05) is 60.0 Å². The molecule has 0 aliphatic carbocycles. The number of fused-ring (bicyclic) bond motifs is 12. The van der Waals surface area contributed by atoms with E-state index in [-0.39, 0.29) is 72.8 Å². The molecule has 8 aromatic heterocycles. The van der Waals surface area contributed by atoms with E-state index in [0.717, 1.165) is 103 Å². The van der Waals surface area contributed by atoms with Gasteiger partial charge < -0.3 is 44.1 Å². The largest absolute Gasteiger partial charge is 0.481 e. The minimum absolute atomic E-state index is 0.118. The van der Waals surface area contributed by atoms with Gasteiger partial charge in [-0.05, 0) is 178 Å². The number of benzene rings is 9. The molecule has 638 valence electrons. The fourth-order valence-corrected chi connectivity index (χ4v) is 18.3. The molecule has 4 N–H and O–H groups in total. The van der Waals surface area contributed by atoms with Crippen LogP contribution >= 0.6 is 15.9 Å². The van der Waals surface area contributed by atoms with E-state index < -0.39 is 24.4 Å². The van der Waals surface area contributed by atoms with E-state index in [1.165, 1.54) is 0 Å². The molecule has 0 bridgehead atoms. The lowest BCUT2D eigenvalue weighted by atomic mass is 9.96. The molecule has 4 aliphatic heterocycles. The van der Waals surface area contributed by atoms with Gasteiger partial charge in [0.1, 0.15) is 11.8 Å². The number of nitrogens with zero attached hydrogens (tertiary/aromatic N) is 13. The lowest BCUT2D eigenvalue weighted by Crippen LogP contribution is -2.39. The summed E-state index contributed by atoms with van der Waals surface area (Å²) in [4.78, 5) is 89.7. The molecule has 4 fully saturated rings. The summed E-state index contributed by atoms with van der Waals surface area (Å²) in [5, 5.41) is 60.7. The number of nitriles is 1. The summed E-state index contributed by atoms with van der Waals surface area (Å²) in [5.41, 5.74) is 12.6. The predicted molar refractivity (Wildman–Crippen MR) is 489 cm³/mol. The van der Waals surface area contributed by atoms with E-state index in [0.29, 0.717) is 133 Å². The average molecular weight is 1760 g/mol. The van der Waals surface area contributed by atoms with Crippen molar-refractivity contribution in [2.24, 2.45) is 0 Å². The number of aromatic nitrogens is 12. The summed E-state index contributed by atoms with van der Waals surface area (Å²) >= 11 is 3.54. The van der Waals surface area contributed by atoms with E-state index in [9.17, 15) is 39.6 Å². The van der Waals surface area contributed by atoms with Crippen LogP contribution in [0.3, 0.4) is 0 Å². The molecule has 4 saturated heterocycles. The van der Waals surface area contributed by atoms with Crippen molar-refractivity contribution in [3.05, 3.63) is 347 Å². The van der Waals surface area contributed by atoms with Gasteiger partial charge in [-0.25, -0.2) is 29.9 Å². The van der Waals surface area contributed by atoms with E-state index in [1.54, 1.807) is 75.3 Å². The number of halogens is 1. The van der Waals surface area contributed by atoms with Crippen LogP contribution in [0.4, 0.5) is 0 Å². The van der Waals surface area contributed by atoms with Crippen LogP contribution in [0, 0.1) is 11.3 Å². The Morgan fingerprint density at radius 1 is 0.378 bits per heavy atom. The molecule has 4 aliphatic rings. The van der Waals surface area contributed by atoms with Gasteiger partial charge in [-0.3, -0.25) is 47.4 Å². The third-order valence-corrected chi connectivity index (χ3v) is 24.8. The van der Waals surface area contributed by atoms with Crippen molar-refractivity contribution in [3.63, 3.8) is 0 Å². The number of hydrogen-bond acceptors (Lipinski definition) is 22. The molecule has 27 heteroatoms. The number of ether oxygens (including phenoxy) is 5. The lowest BCUT2D eigenvalue weighted by molar-refractivity contribution is -0.0395. The predicted octanol–water partition coefficient (Wildman–Crippen LogP) is 13.7. The summed E-state index contributed by atoms with van der Waals surface area (Å²) in [5.74, 6) is 0.564. The molecule has 0 saturated carbocycles. The van der Waals surface area contributed by atoms with Crippen LogP contribution in [0.2, 0.25) is 0 Å². The molecule has 0 spiro atoms. The van der Waals surface area contributed by atoms with Crippen molar-refractivity contribution >= 4 is 103 Å². The molecule has 21 rings (SSSR count). The number of aliphatic hydroxyl groups excluding tert-OH is 4. The Labute approximate surface area is 735 Å². The molecule has 0 amide bonds. The van der Waals surface area contributed by atoms with Gasteiger partial charge >= 0.3 is 0 Å². The molecular formula is C100H88BrN13O13. The Morgan fingerprint density at radius 3 is 1.06 bits per heavy atom. The summed E-state index contributed by atoms with van der Waals surface area (Å²) in [6, 6.07) is 63.9. The van der Waals surface area contributed by atoms with Crippen molar-refractivity contribution in [1.29, 1.82) is 5.26 Å². The number of aliphatic hydroxyl groups is 4. The summed E-state index contributed by atoms with van der Waals surface area (Å²) in [6.45, 7) is 2.97. The smallest absolute Gasteiger partial charge is 0.261 e. The van der Waals surface area contributed by atoms with E-state index in [4.69, 9.17) is 28.9 Å². The van der Waals surface area contributed by atoms with Crippen LogP contribution in [0.25, 0.3) is 98.0 Å². The SMILES string of the molecule is COc1ccc(Cc2cc3c(=O)n([C@H]4CCOC[C@@H]4O)cnc3c3ccccc23)cn1.N#Cc1ccc(-c2ccc(Cc3cc4c(=O)n([C@H]5CCOC[C@@H]5O)cnc4c4ccccc34)cn2)cn1.O=c1c2cc(Cc3cccc(Br)c3)c3ccccc3c2ncn1[C@H]1CCOC[C@@H]1O.O=c1c2cc(Cc3cccnc3)c3ccccc3c2ncn1[C@H]1CCOC[C@@H]1O. The Kier molecular flexibility index (Phi) is 25.2. The van der Waals surface area contributed by atoms with Gasteiger partial charge in [0, 0.05) is 95.1 Å². The molecule has 9 aromatic carbocycles. The molecule has 127 heavy (non-hydrogen) atoms. The summed E-state index contributed by atoms with van der Waals surface area (Å²) in [7, 11) is 1.59. The maximum absolute atomic E-state index is 13.6. The van der Waals surface area contributed by atoms with Gasteiger partial charge in [0.2, 0.25) is 5.88 Å². The van der Waals surface area contributed by atoms with E-state index in [2.05, 4.69) is 86.1 Å². The maximum atomic E-state index is 13.6. The summed E-state index contributed by atoms with van der Waals surface area (Å²) < 4.78 is 33.7. The standard InChI is InChI=1S/C29H23N5O3.C24H21BrN2O3.C24H23N3O4.C23H21N3O3/c30-13-21-7-6-19(15-31-21)25-8-5-18(14-32-25)11-20-12-24-28(23-4-2-1-3-22(20)23)33-17-34(29(24)36)26-9-10-37-16-27(26)35;25-17-5-3-4-15(11-17)10-16-12-20-23(19-7-2-1-6-18(16)19)26-14-27(24(20)29)21-8-9-30-13-22(21)28;1-30-22-7-6-15(12-25-22)10-16-11-19-23(18-5-3-2-4-17(16)18)26-14-27(24(19)29)20-8-9-31-13-21(20)28;27-21-13-29-9-7-20(21)26-14-25-22-18-6-2-1-5-17(18)16(11-19(22)23(26)28)10-15-4-3-8-24-12-15/h1-8,12,14-15,17,26-27,35H,9-11,16H2;1-7,11-12,14,21-22,28H,8-10,13H2;2-7,11-12,14,20-21,28H,8-10,13H2,1H3;1-6,8,11-12,14,20-21,27H,7,9-10,13H2/t26-,27-;21-,22-;2*20-,21-/m0000/s1. The second kappa shape index (κ2) is 37.8. The van der Waals surface area contributed by atoms with Crippen LogP contribution in [0.1, 0.15) is 100 Å². The van der Waals surface area contributed by atoms with Gasteiger partial charge in [-0.15, -0.1) is 0 Å². The maximum Gasteiger partial charge on any atom is 0.261 e. The average Bonchev–Trinajstić information content (AvgIpc) is 0.755. The molecule has 26 nitrogen and oxygen atoms in total. The van der Waals surface area contributed by atoms with Gasteiger partial charge in [-0.2, -0.15) is 5.26 Å². The molecule has 12 heterocycles. The zero-order chi connectivity index (χ0) is 87.2. The second-order valence-electron chi connectivity index (χ2n) is 32.2. The first-order chi connectivity index (χ1) is 62.1. The van der Waals surface area contributed by atoms with Crippen LogP contribution in [0.5, 0.6) is 5.88 Å². The zero-order valence-corrected chi connectivity index (χ0v) is 70.8. The molecular weight excluding hydrogens is 1670 g/mol. The van der Waals surface area contributed by atoms with E-state index >= 15 is 0 Å². The van der Waals surface area contributed by atoms with Gasteiger partial charge in [-0.1, -0.05) is 143 Å². The monoisotopic (exact) mass is 1760 g/mol. The van der Waals surface area contributed by atoms with Crippen LogP contribution < -0.4 is 27.0 Å². The van der Waals surface area contributed by atoms with Crippen LogP contribution in [-0.4, -0.2) is 163 Å². The first kappa shape index (κ1) is 84.5. The molecule has 0 unspecified atom stereocenters. The topological polar surface area (TPSA) is 342 Å². The van der Waals surface area contributed by atoms with Gasteiger partial charge in [0.05, 0.1) is 157 Å². The summed E-state index contributed by atoms with van der Waals surface area (Å²) in [6.07, 6.45) is 17.1. The Balaban J connectivity index is 0.000000115. The minimum Gasteiger partial charge on any atom is -0.481 e. The highest BCUT2D eigenvalue weighted by atomic mass is 79.9. The van der Waals surface area contributed by atoms with Crippen molar-refractivity contribution < 1.29 is 44.1 Å². The quantitative estimate of drug-likeness (QED) is 0.0735. The lowest BCUT2D eigenvalue weighted by Gasteiger charge is -2.29. The number of rotatable bonds is 14. The number of methoxy groups -OCH3 is 1. The van der Waals surface area contributed by atoms with Crippen molar-refractivity contribution in [3.8, 4) is 23.2 Å². The third-order valence-electron chi connectivity index (χ3n) is 24.3.